The van der Waals surface area contributed by atoms with Crippen molar-refractivity contribution in [3.05, 3.63) is 66.2 Å². The monoisotopic (exact) mass is 458 g/mol. The molecule has 5 rings (SSSR count). The van der Waals surface area contributed by atoms with Crippen LogP contribution in [0.1, 0.15) is 5.56 Å². The molecule has 1 amide bonds. The summed E-state index contributed by atoms with van der Waals surface area (Å²) in [7, 11) is 3.49. The minimum absolute atomic E-state index is 0.172. The molecule has 0 unspecified atom stereocenters. The molecule has 0 aliphatic rings. The van der Waals surface area contributed by atoms with E-state index in [9.17, 15) is 4.79 Å². The summed E-state index contributed by atoms with van der Waals surface area (Å²) in [5.41, 5.74) is 4.19. The van der Waals surface area contributed by atoms with Crippen LogP contribution in [0, 0.1) is 6.92 Å². The first kappa shape index (κ1) is 21.1. The number of hydrogen-bond acceptors (Lipinski definition) is 6. The van der Waals surface area contributed by atoms with Gasteiger partial charge in [0.2, 0.25) is 5.91 Å². The Morgan fingerprint density at radius 1 is 1.06 bits per heavy atom. The summed E-state index contributed by atoms with van der Waals surface area (Å²) in [6.07, 6.45) is 0. The predicted molar refractivity (Wildman–Crippen MR) is 131 cm³/mol. The number of aryl methyl sites for hydroxylation is 1. The summed E-state index contributed by atoms with van der Waals surface area (Å²) in [5, 5.41) is 14.1. The molecule has 0 saturated heterocycles. The van der Waals surface area contributed by atoms with Gasteiger partial charge in [-0.2, -0.15) is 0 Å². The molecule has 0 bridgehead atoms. The summed E-state index contributed by atoms with van der Waals surface area (Å²) < 4.78 is 13.4. The number of nitrogens with zero attached hydrogens (tertiary/aromatic N) is 3. The number of rotatable bonds is 6. The van der Waals surface area contributed by atoms with Gasteiger partial charge in [-0.1, -0.05) is 54.2 Å². The van der Waals surface area contributed by atoms with Crippen molar-refractivity contribution in [1.29, 1.82) is 0 Å². The van der Waals surface area contributed by atoms with Gasteiger partial charge in [0, 0.05) is 29.4 Å². The highest BCUT2D eigenvalue weighted by Gasteiger charge is 2.17. The van der Waals surface area contributed by atoms with Gasteiger partial charge in [-0.3, -0.25) is 4.79 Å². The van der Waals surface area contributed by atoms with Gasteiger partial charge in [-0.25, -0.2) is 0 Å². The van der Waals surface area contributed by atoms with Gasteiger partial charge in [-0.15, -0.1) is 10.2 Å². The number of hydrogen-bond donors (Lipinski definition) is 1. The summed E-state index contributed by atoms with van der Waals surface area (Å²) >= 11 is 1.33. The van der Waals surface area contributed by atoms with Crippen molar-refractivity contribution in [2.45, 2.75) is 12.1 Å². The van der Waals surface area contributed by atoms with Crippen LogP contribution in [0.4, 0.5) is 5.69 Å². The molecule has 0 fully saturated rings. The van der Waals surface area contributed by atoms with Gasteiger partial charge < -0.3 is 19.0 Å². The van der Waals surface area contributed by atoms with Gasteiger partial charge in [0.15, 0.2) is 11.0 Å². The van der Waals surface area contributed by atoms with Crippen LogP contribution in [0.5, 0.6) is 5.75 Å². The Kier molecular flexibility index (Phi) is 5.51. The normalized spacial score (nSPS) is 11.2. The number of carbonyl (C=O) groups is 1. The van der Waals surface area contributed by atoms with E-state index in [0.717, 1.165) is 33.3 Å². The second-order valence-electron chi connectivity index (χ2n) is 7.66. The number of furan rings is 1. The van der Waals surface area contributed by atoms with Crippen molar-refractivity contribution < 1.29 is 13.9 Å². The van der Waals surface area contributed by atoms with Crippen molar-refractivity contribution in [3.63, 3.8) is 0 Å². The standard InChI is InChI=1S/C25H22N4O3S/c1-15-8-4-5-9-16(15)24-27-28-25(29(24)2)33-14-23(30)26-19-13-21-18(12-22(19)31-3)17-10-6-7-11-20(17)32-21/h4-13H,14H2,1-3H3,(H,26,30). The molecule has 0 aliphatic heterocycles. The Bertz CT molecular complexity index is 1490. The Morgan fingerprint density at radius 2 is 1.85 bits per heavy atom. The van der Waals surface area contributed by atoms with Crippen molar-refractivity contribution in [1.82, 2.24) is 14.8 Å². The molecule has 0 spiro atoms. The van der Waals surface area contributed by atoms with E-state index in [1.165, 1.54) is 11.8 Å². The molecule has 166 valence electrons. The fourth-order valence-corrected chi connectivity index (χ4v) is 4.54. The number of carbonyl (C=O) groups excluding carboxylic acids is 1. The van der Waals surface area contributed by atoms with Crippen LogP contribution in [0.25, 0.3) is 33.3 Å². The number of aromatic nitrogens is 3. The van der Waals surface area contributed by atoms with Gasteiger partial charge >= 0.3 is 0 Å². The molecule has 2 heterocycles. The van der Waals surface area contributed by atoms with Gasteiger partial charge in [-0.05, 0) is 24.6 Å². The molecular weight excluding hydrogens is 436 g/mol. The first-order valence-corrected chi connectivity index (χ1v) is 11.4. The number of fused-ring (bicyclic) bond motifs is 3. The topological polar surface area (TPSA) is 82.2 Å². The third-order valence-electron chi connectivity index (χ3n) is 5.53. The maximum absolute atomic E-state index is 12.7. The third-order valence-corrected chi connectivity index (χ3v) is 6.55. The fourth-order valence-electron chi connectivity index (χ4n) is 3.83. The lowest BCUT2D eigenvalue weighted by Gasteiger charge is -2.10. The zero-order valence-electron chi connectivity index (χ0n) is 18.5. The average molecular weight is 459 g/mol. The van der Waals surface area contributed by atoms with E-state index in [4.69, 9.17) is 9.15 Å². The van der Waals surface area contributed by atoms with Crippen LogP contribution < -0.4 is 10.1 Å². The van der Waals surface area contributed by atoms with Crippen molar-refractivity contribution in [3.8, 4) is 17.1 Å². The zero-order valence-corrected chi connectivity index (χ0v) is 19.3. The summed E-state index contributed by atoms with van der Waals surface area (Å²) in [5.74, 6) is 1.36. The van der Waals surface area contributed by atoms with Crippen LogP contribution in [-0.4, -0.2) is 33.5 Å². The average Bonchev–Trinajstić information content (AvgIpc) is 3.37. The van der Waals surface area contributed by atoms with E-state index in [1.54, 1.807) is 13.2 Å². The summed E-state index contributed by atoms with van der Waals surface area (Å²) in [6.45, 7) is 2.04. The first-order chi connectivity index (χ1) is 16.0. The molecule has 3 aromatic carbocycles. The van der Waals surface area contributed by atoms with Crippen molar-refractivity contribution in [2.75, 3.05) is 18.2 Å². The van der Waals surface area contributed by atoms with Crippen LogP contribution in [-0.2, 0) is 11.8 Å². The fraction of sp³-hybridized carbons (Fsp3) is 0.160. The highest BCUT2D eigenvalue weighted by Crippen LogP contribution is 2.36. The Labute approximate surface area is 194 Å². The summed E-state index contributed by atoms with van der Waals surface area (Å²) in [4.78, 5) is 12.7. The van der Waals surface area contributed by atoms with E-state index >= 15 is 0 Å². The van der Waals surface area contributed by atoms with Gasteiger partial charge in [0.25, 0.3) is 0 Å². The molecule has 1 N–H and O–H groups in total. The van der Waals surface area contributed by atoms with Gasteiger partial charge in [0.05, 0.1) is 18.6 Å². The number of benzene rings is 3. The maximum atomic E-state index is 12.7. The van der Waals surface area contributed by atoms with Crippen LogP contribution in [0.3, 0.4) is 0 Å². The second-order valence-corrected chi connectivity index (χ2v) is 8.61. The largest absolute Gasteiger partial charge is 0.495 e. The SMILES string of the molecule is COc1cc2c(cc1NC(=O)CSc1nnc(-c3ccccc3C)n1C)oc1ccccc12. The van der Waals surface area contributed by atoms with Crippen LogP contribution in [0.15, 0.2) is 70.2 Å². The highest BCUT2D eigenvalue weighted by atomic mass is 32.2. The molecule has 5 aromatic rings. The molecule has 8 heteroatoms. The Hall–Kier alpha value is -3.78. The number of amides is 1. The van der Waals surface area contributed by atoms with E-state index in [0.29, 0.717) is 22.2 Å². The first-order valence-electron chi connectivity index (χ1n) is 10.4. The van der Waals surface area contributed by atoms with Crippen molar-refractivity contribution in [2.24, 2.45) is 7.05 Å². The molecule has 0 radical (unpaired) electrons. The molecule has 33 heavy (non-hydrogen) atoms. The van der Waals surface area contributed by atoms with Gasteiger partial charge in [0.1, 0.15) is 16.9 Å². The lowest BCUT2D eigenvalue weighted by Crippen LogP contribution is -2.15. The van der Waals surface area contributed by atoms with E-state index in [2.05, 4.69) is 15.5 Å². The minimum Gasteiger partial charge on any atom is -0.495 e. The zero-order chi connectivity index (χ0) is 22.9. The smallest absolute Gasteiger partial charge is 0.234 e. The molecule has 0 atom stereocenters. The number of methoxy groups -OCH3 is 1. The highest BCUT2D eigenvalue weighted by molar-refractivity contribution is 7.99. The van der Waals surface area contributed by atoms with Crippen molar-refractivity contribution >= 4 is 45.3 Å². The number of nitrogens with one attached hydrogen (secondary N) is 1. The van der Waals surface area contributed by atoms with E-state index < -0.39 is 0 Å². The Balaban J connectivity index is 1.33. The number of anilines is 1. The quantitative estimate of drug-likeness (QED) is 0.342. The summed E-state index contributed by atoms with van der Waals surface area (Å²) in [6, 6.07) is 19.5. The number of thioether (sulfide) groups is 1. The number of para-hydroxylation sites is 1. The second kappa shape index (κ2) is 8.63. The molecule has 7 nitrogen and oxygen atoms in total. The van der Waals surface area contributed by atoms with E-state index in [-0.39, 0.29) is 11.7 Å². The molecular formula is C25H22N4O3S. The van der Waals surface area contributed by atoms with Crippen LogP contribution in [0.2, 0.25) is 0 Å². The predicted octanol–water partition coefficient (Wildman–Crippen LogP) is 5.43. The number of ether oxygens (including phenoxy) is 1. The molecule has 2 aromatic heterocycles. The van der Waals surface area contributed by atoms with Crippen LogP contribution >= 0.6 is 11.8 Å². The molecule has 0 saturated carbocycles. The van der Waals surface area contributed by atoms with E-state index in [1.807, 2.05) is 73.1 Å². The minimum atomic E-state index is -0.172. The maximum Gasteiger partial charge on any atom is 0.234 e. The third kappa shape index (κ3) is 3.93. The molecule has 0 aliphatic carbocycles. The Morgan fingerprint density at radius 3 is 2.67 bits per heavy atom. The lowest BCUT2D eigenvalue weighted by molar-refractivity contribution is -0.113. The lowest BCUT2D eigenvalue weighted by atomic mass is 10.1.